The van der Waals surface area contributed by atoms with Gasteiger partial charge in [0.25, 0.3) is 0 Å². The van der Waals surface area contributed by atoms with Gasteiger partial charge in [0.2, 0.25) is 5.91 Å². The zero-order valence-electron chi connectivity index (χ0n) is 8.91. The Morgan fingerprint density at radius 2 is 2.06 bits per heavy atom. The molecule has 0 spiro atoms. The van der Waals surface area contributed by atoms with Crippen LogP contribution >= 0.6 is 0 Å². The summed E-state index contributed by atoms with van der Waals surface area (Å²) in [5.41, 5.74) is 0.838. The molecule has 1 atom stereocenters. The van der Waals surface area contributed by atoms with Crippen molar-refractivity contribution in [2.45, 2.75) is 18.2 Å². The first kappa shape index (κ1) is 12.0. The number of pyridine rings is 1. The Labute approximate surface area is 98.5 Å². The minimum Gasteiger partial charge on any atom is -0.337 e. The van der Waals surface area contributed by atoms with Gasteiger partial charge in [-0.3, -0.25) is 9.78 Å². The van der Waals surface area contributed by atoms with E-state index < -0.39 is 15.5 Å². The second-order valence-corrected chi connectivity index (χ2v) is 5.55. The van der Waals surface area contributed by atoms with Gasteiger partial charge in [0.15, 0.2) is 0 Å². The molecule has 0 radical (unpaired) electrons. The number of carbonyl (C=O) groups excluding carboxylic acids is 1. The van der Waals surface area contributed by atoms with Crippen molar-refractivity contribution < 1.29 is 17.1 Å². The number of carbonyl (C=O) groups is 1. The highest BCUT2D eigenvalue weighted by Gasteiger charge is 2.38. The number of nitrogens with zero attached hydrogens (tertiary/aromatic N) is 2. The third-order valence-corrected chi connectivity index (χ3v) is 3.81. The van der Waals surface area contributed by atoms with Crippen molar-refractivity contribution in [1.29, 1.82) is 0 Å². The van der Waals surface area contributed by atoms with Crippen LogP contribution < -0.4 is 0 Å². The second kappa shape index (κ2) is 4.40. The Hall–Kier alpha value is -1.50. The van der Waals surface area contributed by atoms with E-state index >= 15 is 0 Å². The van der Waals surface area contributed by atoms with Gasteiger partial charge in [-0.05, 0) is 17.7 Å². The fourth-order valence-electron chi connectivity index (χ4n) is 1.79. The second-order valence-electron chi connectivity index (χ2n) is 3.93. The van der Waals surface area contributed by atoms with Crippen LogP contribution in [0.25, 0.3) is 0 Å². The molecule has 0 saturated carbocycles. The topological polar surface area (TPSA) is 67.3 Å². The summed E-state index contributed by atoms with van der Waals surface area (Å²) in [5.74, 6) is -0.340. The van der Waals surface area contributed by atoms with Crippen LogP contribution in [-0.2, 0) is 21.6 Å². The van der Waals surface area contributed by atoms with E-state index in [1.54, 1.807) is 24.5 Å². The average Bonchev–Trinajstić information content (AvgIpc) is 2.62. The molecule has 1 aromatic heterocycles. The fourth-order valence-corrected chi connectivity index (χ4v) is 2.49. The van der Waals surface area contributed by atoms with Crippen LogP contribution in [0.15, 0.2) is 24.5 Å². The van der Waals surface area contributed by atoms with Crippen molar-refractivity contribution in [1.82, 2.24) is 9.88 Å². The van der Waals surface area contributed by atoms with E-state index in [-0.39, 0.29) is 25.4 Å². The Morgan fingerprint density at radius 1 is 1.41 bits per heavy atom. The lowest BCUT2D eigenvalue weighted by Gasteiger charge is -2.15. The smallest absolute Gasteiger partial charge is 0.307 e. The SMILES string of the molecule is O=C1CC(S(=O)(=O)F)CN1Cc1ccncc1. The van der Waals surface area contributed by atoms with Gasteiger partial charge < -0.3 is 4.90 Å². The number of amides is 1. The molecule has 92 valence electrons. The lowest BCUT2D eigenvalue weighted by atomic mass is 10.2. The molecular formula is C10H11FN2O3S. The molecule has 5 nitrogen and oxygen atoms in total. The molecule has 1 amide bonds. The fraction of sp³-hybridized carbons (Fsp3) is 0.400. The van der Waals surface area contributed by atoms with Gasteiger partial charge in [-0.15, -0.1) is 3.89 Å². The normalized spacial score (nSPS) is 20.9. The van der Waals surface area contributed by atoms with E-state index in [1.807, 2.05) is 0 Å². The molecule has 0 aliphatic carbocycles. The maximum absolute atomic E-state index is 12.8. The monoisotopic (exact) mass is 258 g/mol. The minimum atomic E-state index is -4.64. The van der Waals surface area contributed by atoms with Gasteiger partial charge in [-0.2, -0.15) is 8.42 Å². The maximum atomic E-state index is 12.8. The molecule has 0 aromatic carbocycles. The highest BCUT2D eigenvalue weighted by atomic mass is 32.3. The first-order chi connectivity index (χ1) is 7.97. The summed E-state index contributed by atoms with van der Waals surface area (Å²) in [4.78, 5) is 16.7. The van der Waals surface area contributed by atoms with Crippen molar-refractivity contribution in [2.24, 2.45) is 0 Å². The van der Waals surface area contributed by atoms with Crippen molar-refractivity contribution in [3.8, 4) is 0 Å². The molecule has 0 bridgehead atoms. The molecule has 17 heavy (non-hydrogen) atoms. The van der Waals surface area contributed by atoms with Crippen LogP contribution in [0.3, 0.4) is 0 Å². The van der Waals surface area contributed by atoms with Gasteiger partial charge in [0.1, 0.15) is 5.25 Å². The lowest BCUT2D eigenvalue weighted by Crippen LogP contribution is -2.26. The Balaban J connectivity index is 2.07. The van der Waals surface area contributed by atoms with Crippen molar-refractivity contribution in [3.63, 3.8) is 0 Å². The summed E-state index contributed by atoms with van der Waals surface area (Å²) < 4.78 is 34.2. The summed E-state index contributed by atoms with van der Waals surface area (Å²) in [6, 6.07) is 3.45. The summed E-state index contributed by atoms with van der Waals surface area (Å²) in [6.45, 7) is 0.202. The van der Waals surface area contributed by atoms with Crippen molar-refractivity contribution >= 4 is 16.1 Å². The van der Waals surface area contributed by atoms with Crippen molar-refractivity contribution in [3.05, 3.63) is 30.1 Å². The van der Waals surface area contributed by atoms with Crippen LogP contribution in [0.5, 0.6) is 0 Å². The summed E-state index contributed by atoms with van der Waals surface area (Å²) in [5, 5.41) is -1.23. The largest absolute Gasteiger partial charge is 0.337 e. The van der Waals surface area contributed by atoms with Crippen LogP contribution in [0.1, 0.15) is 12.0 Å². The van der Waals surface area contributed by atoms with Crippen LogP contribution in [-0.4, -0.2) is 36.0 Å². The molecule has 1 saturated heterocycles. The Bertz CT molecular complexity index is 518. The highest BCUT2D eigenvalue weighted by Crippen LogP contribution is 2.21. The summed E-state index contributed by atoms with van der Waals surface area (Å²) in [6.07, 6.45) is 2.89. The zero-order valence-corrected chi connectivity index (χ0v) is 9.73. The van der Waals surface area contributed by atoms with E-state index in [0.29, 0.717) is 0 Å². The molecule has 2 heterocycles. The van der Waals surface area contributed by atoms with Crippen LogP contribution in [0.4, 0.5) is 3.89 Å². The van der Waals surface area contributed by atoms with Gasteiger partial charge in [-0.25, -0.2) is 0 Å². The predicted molar refractivity (Wildman–Crippen MR) is 58.1 cm³/mol. The van der Waals surface area contributed by atoms with Gasteiger partial charge in [0.05, 0.1) is 0 Å². The molecule has 0 N–H and O–H groups in total. The summed E-state index contributed by atoms with van der Waals surface area (Å²) >= 11 is 0. The predicted octanol–water partition coefficient (Wildman–Crippen LogP) is 0.482. The first-order valence-electron chi connectivity index (χ1n) is 5.07. The average molecular weight is 258 g/mol. The van der Waals surface area contributed by atoms with E-state index in [4.69, 9.17) is 0 Å². The Morgan fingerprint density at radius 3 is 2.59 bits per heavy atom. The molecule has 1 fully saturated rings. The van der Waals surface area contributed by atoms with Gasteiger partial charge in [0, 0.05) is 31.9 Å². The zero-order chi connectivity index (χ0) is 12.5. The molecular weight excluding hydrogens is 247 g/mol. The first-order valence-corrected chi connectivity index (χ1v) is 6.51. The quantitative estimate of drug-likeness (QED) is 0.740. The standard InChI is InChI=1S/C10H11FN2O3S/c11-17(15,16)9-5-10(14)13(7-9)6-8-1-3-12-4-2-8/h1-4,9H,5-7H2. The summed E-state index contributed by atoms with van der Waals surface area (Å²) in [7, 11) is -4.64. The van der Waals surface area contributed by atoms with Gasteiger partial charge in [-0.1, -0.05) is 0 Å². The van der Waals surface area contributed by atoms with Gasteiger partial charge >= 0.3 is 10.2 Å². The number of hydrogen-bond acceptors (Lipinski definition) is 4. The number of hydrogen-bond donors (Lipinski definition) is 0. The number of aromatic nitrogens is 1. The molecule has 1 unspecified atom stereocenters. The van der Waals surface area contributed by atoms with E-state index in [1.165, 1.54) is 4.90 Å². The van der Waals surface area contributed by atoms with E-state index in [0.717, 1.165) is 5.56 Å². The molecule has 1 aliphatic rings. The van der Waals surface area contributed by atoms with Crippen molar-refractivity contribution in [2.75, 3.05) is 6.54 Å². The van der Waals surface area contributed by atoms with Crippen LogP contribution in [0, 0.1) is 0 Å². The molecule has 1 aliphatic heterocycles. The molecule has 1 aromatic rings. The highest BCUT2D eigenvalue weighted by molar-refractivity contribution is 7.87. The minimum absolute atomic E-state index is 0.0833. The maximum Gasteiger partial charge on any atom is 0.307 e. The number of halogens is 1. The molecule has 2 rings (SSSR count). The third-order valence-electron chi connectivity index (χ3n) is 2.70. The van der Waals surface area contributed by atoms with Crippen LogP contribution in [0.2, 0.25) is 0 Å². The van der Waals surface area contributed by atoms with E-state index in [2.05, 4.69) is 4.98 Å². The third kappa shape index (κ3) is 2.79. The number of rotatable bonds is 3. The Kier molecular flexibility index (Phi) is 3.10. The van der Waals surface area contributed by atoms with E-state index in [9.17, 15) is 17.1 Å². The lowest BCUT2D eigenvalue weighted by molar-refractivity contribution is -0.128. The number of likely N-dealkylation sites (tertiary alicyclic amines) is 1. The molecule has 7 heteroatoms.